The van der Waals surface area contributed by atoms with Gasteiger partial charge in [0.25, 0.3) is 0 Å². The number of benzene rings is 9. The lowest BCUT2D eigenvalue weighted by molar-refractivity contribution is 0.661. The van der Waals surface area contributed by atoms with Crippen LogP contribution in [0.25, 0.3) is 100 Å². The first-order valence-corrected chi connectivity index (χ1v) is 21.1. The number of hydrogen-bond donors (Lipinski definition) is 0. The van der Waals surface area contributed by atoms with Crippen LogP contribution in [0.3, 0.4) is 0 Å². The van der Waals surface area contributed by atoms with Crippen molar-refractivity contribution in [3.8, 4) is 89.5 Å². The minimum Gasteiger partial charge on any atom is -0.228 e. The SMILES string of the molecule is CC1(C)c2cc3ccccc3cc2-c2c(-c3ccccc3-c3cccc(-c4cc(-c5ccccc5-c5ccc(-c6ccccc6)cc5)nc(-c5ccccc5)n4)c3)cccc21. The van der Waals surface area contributed by atoms with Crippen molar-refractivity contribution in [1.82, 2.24) is 9.97 Å². The van der Waals surface area contributed by atoms with Gasteiger partial charge >= 0.3 is 0 Å². The fraction of sp³-hybridized carbons (Fsp3) is 0.0508. The van der Waals surface area contributed by atoms with Crippen LogP contribution in [0, 0.1) is 0 Å². The maximum Gasteiger partial charge on any atom is 0.160 e. The molecular weight excluding hydrogens is 737 g/mol. The number of rotatable bonds is 7. The van der Waals surface area contributed by atoms with Crippen LogP contribution in [0.15, 0.2) is 218 Å². The summed E-state index contributed by atoms with van der Waals surface area (Å²) < 4.78 is 0. The fourth-order valence-electron chi connectivity index (χ4n) is 9.39. The van der Waals surface area contributed by atoms with E-state index in [0.717, 1.165) is 44.8 Å². The van der Waals surface area contributed by atoms with E-state index in [2.05, 4.69) is 214 Å². The summed E-state index contributed by atoms with van der Waals surface area (Å²) in [6.07, 6.45) is 0. The predicted octanol–water partition coefficient (Wildman–Crippen LogP) is 15.6. The normalized spacial score (nSPS) is 12.6. The van der Waals surface area contributed by atoms with Crippen LogP contribution < -0.4 is 0 Å². The zero-order chi connectivity index (χ0) is 40.9. The molecule has 1 aliphatic rings. The molecule has 0 bridgehead atoms. The molecule has 11 rings (SSSR count). The molecule has 0 spiro atoms. The Kier molecular flexibility index (Phi) is 8.86. The molecule has 0 N–H and O–H groups in total. The average molecular weight is 779 g/mol. The van der Waals surface area contributed by atoms with E-state index in [9.17, 15) is 0 Å². The van der Waals surface area contributed by atoms with Crippen LogP contribution >= 0.6 is 0 Å². The first-order valence-electron chi connectivity index (χ1n) is 21.1. The summed E-state index contributed by atoms with van der Waals surface area (Å²) in [5, 5.41) is 2.55. The van der Waals surface area contributed by atoms with Gasteiger partial charge in [0.1, 0.15) is 0 Å². The monoisotopic (exact) mass is 778 g/mol. The smallest absolute Gasteiger partial charge is 0.160 e. The maximum absolute atomic E-state index is 5.26. The summed E-state index contributed by atoms with van der Waals surface area (Å²) in [6, 6.07) is 78.5. The lowest BCUT2D eigenvalue weighted by Gasteiger charge is -2.22. The van der Waals surface area contributed by atoms with Crippen LogP contribution in [0.5, 0.6) is 0 Å². The molecule has 1 aromatic heterocycles. The van der Waals surface area contributed by atoms with Gasteiger partial charge in [0.2, 0.25) is 0 Å². The van der Waals surface area contributed by atoms with Crippen LogP contribution in [-0.2, 0) is 5.41 Å². The van der Waals surface area contributed by atoms with Crippen LogP contribution in [0.1, 0.15) is 25.0 Å². The van der Waals surface area contributed by atoms with Gasteiger partial charge in [0.05, 0.1) is 11.4 Å². The molecule has 0 aliphatic heterocycles. The first-order chi connectivity index (χ1) is 30.0. The summed E-state index contributed by atoms with van der Waals surface area (Å²) in [7, 11) is 0. The average Bonchev–Trinajstić information content (AvgIpc) is 3.56. The van der Waals surface area contributed by atoms with Crippen molar-refractivity contribution in [1.29, 1.82) is 0 Å². The third-order valence-electron chi connectivity index (χ3n) is 12.5. The van der Waals surface area contributed by atoms with Crippen LogP contribution in [0.2, 0.25) is 0 Å². The van der Waals surface area contributed by atoms with Gasteiger partial charge in [0.15, 0.2) is 5.82 Å². The summed E-state index contributed by atoms with van der Waals surface area (Å²) in [5.41, 5.74) is 19.6. The van der Waals surface area contributed by atoms with E-state index in [1.807, 2.05) is 18.2 Å². The Balaban J connectivity index is 1.03. The van der Waals surface area contributed by atoms with Gasteiger partial charge in [-0.3, -0.25) is 0 Å². The van der Waals surface area contributed by atoms with Crippen molar-refractivity contribution in [2.75, 3.05) is 0 Å². The Morgan fingerprint density at radius 3 is 1.54 bits per heavy atom. The molecule has 1 heterocycles. The molecule has 61 heavy (non-hydrogen) atoms. The molecule has 0 saturated carbocycles. The lowest BCUT2D eigenvalue weighted by atomic mass is 9.81. The van der Waals surface area contributed by atoms with E-state index in [-0.39, 0.29) is 5.41 Å². The number of aromatic nitrogens is 2. The quantitative estimate of drug-likeness (QED) is 0.161. The Morgan fingerprint density at radius 2 is 0.803 bits per heavy atom. The molecular formula is C59H42N2. The summed E-state index contributed by atoms with van der Waals surface area (Å²) in [6.45, 7) is 4.73. The molecule has 0 fully saturated rings. The van der Waals surface area contributed by atoms with Crippen molar-refractivity contribution in [2.45, 2.75) is 19.3 Å². The lowest BCUT2D eigenvalue weighted by Crippen LogP contribution is -2.14. The molecule has 288 valence electrons. The molecule has 0 radical (unpaired) electrons. The van der Waals surface area contributed by atoms with Crippen molar-refractivity contribution in [3.63, 3.8) is 0 Å². The van der Waals surface area contributed by atoms with Gasteiger partial charge in [-0.1, -0.05) is 208 Å². The van der Waals surface area contributed by atoms with Gasteiger partial charge in [-0.15, -0.1) is 0 Å². The zero-order valence-corrected chi connectivity index (χ0v) is 34.2. The highest BCUT2D eigenvalue weighted by Gasteiger charge is 2.37. The molecule has 0 saturated heterocycles. The van der Waals surface area contributed by atoms with Crippen LogP contribution in [-0.4, -0.2) is 9.97 Å². The van der Waals surface area contributed by atoms with Crippen molar-refractivity contribution < 1.29 is 0 Å². The van der Waals surface area contributed by atoms with Crippen molar-refractivity contribution in [3.05, 3.63) is 230 Å². The topological polar surface area (TPSA) is 25.8 Å². The van der Waals surface area contributed by atoms with E-state index >= 15 is 0 Å². The largest absolute Gasteiger partial charge is 0.228 e. The molecule has 0 atom stereocenters. The van der Waals surface area contributed by atoms with E-state index in [4.69, 9.17) is 9.97 Å². The molecule has 1 aliphatic carbocycles. The van der Waals surface area contributed by atoms with Crippen molar-refractivity contribution >= 4 is 10.8 Å². The molecule has 10 aromatic rings. The number of hydrogen-bond acceptors (Lipinski definition) is 2. The van der Waals surface area contributed by atoms with Crippen LogP contribution in [0.4, 0.5) is 0 Å². The summed E-state index contributed by atoms with van der Waals surface area (Å²) in [4.78, 5) is 10.5. The minimum atomic E-state index is -0.120. The maximum atomic E-state index is 5.26. The second kappa shape index (κ2) is 14.9. The zero-order valence-electron chi connectivity index (χ0n) is 34.2. The first kappa shape index (κ1) is 36.4. The molecule has 0 unspecified atom stereocenters. The minimum absolute atomic E-state index is 0.120. The third kappa shape index (κ3) is 6.45. The van der Waals surface area contributed by atoms with Gasteiger partial charge in [-0.05, 0) is 102 Å². The van der Waals surface area contributed by atoms with E-state index < -0.39 is 0 Å². The van der Waals surface area contributed by atoms with Crippen molar-refractivity contribution in [2.24, 2.45) is 0 Å². The number of nitrogens with zero attached hydrogens (tertiary/aromatic N) is 2. The highest BCUT2D eigenvalue weighted by Crippen LogP contribution is 2.54. The predicted molar refractivity (Wildman–Crippen MR) is 255 cm³/mol. The Labute approximate surface area is 357 Å². The summed E-state index contributed by atoms with van der Waals surface area (Å²) in [5.74, 6) is 0.696. The Hall–Kier alpha value is -7.68. The van der Waals surface area contributed by atoms with Gasteiger partial charge < -0.3 is 0 Å². The standard InChI is InChI=1S/C59H42N2/c1-59(2)53-30-16-29-51(57(53)52-36-43-21-9-10-22-44(43)37-54(52)59)49-27-13-11-26-48(49)45-23-15-24-46(35-45)55-38-56(61-58(60-55)42-19-7-4-8-20-42)50-28-14-12-25-47(50)41-33-31-40(32-34-41)39-17-5-3-6-18-39/h3-38H,1-2H3. The Bertz CT molecular complexity index is 3250. The highest BCUT2D eigenvalue weighted by molar-refractivity contribution is 6.01. The van der Waals surface area contributed by atoms with Gasteiger partial charge in [-0.2, -0.15) is 0 Å². The fourth-order valence-corrected chi connectivity index (χ4v) is 9.39. The van der Waals surface area contributed by atoms with Gasteiger partial charge in [-0.25, -0.2) is 9.97 Å². The van der Waals surface area contributed by atoms with E-state index in [1.165, 1.54) is 60.8 Å². The number of fused-ring (bicyclic) bond motifs is 4. The second-order valence-corrected chi connectivity index (χ2v) is 16.5. The van der Waals surface area contributed by atoms with E-state index in [0.29, 0.717) is 5.82 Å². The molecule has 0 amide bonds. The second-order valence-electron chi connectivity index (χ2n) is 16.5. The summed E-state index contributed by atoms with van der Waals surface area (Å²) >= 11 is 0. The Morgan fingerprint density at radius 1 is 0.295 bits per heavy atom. The molecule has 2 heteroatoms. The van der Waals surface area contributed by atoms with E-state index in [1.54, 1.807) is 0 Å². The molecule has 2 nitrogen and oxygen atoms in total. The van der Waals surface area contributed by atoms with Gasteiger partial charge in [0, 0.05) is 22.1 Å². The highest BCUT2D eigenvalue weighted by atomic mass is 14.9. The molecule has 9 aromatic carbocycles. The third-order valence-corrected chi connectivity index (χ3v) is 12.5.